The Morgan fingerprint density at radius 2 is 2.11 bits per heavy atom. The van der Waals surface area contributed by atoms with Gasteiger partial charge in [-0.3, -0.25) is 4.79 Å². The second-order valence-electron chi connectivity index (χ2n) is 4.00. The van der Waals surface area contributed by atoms with Gasteiger partial charge in [-0.1, -0.05) is 23.7 Å². The third-order valence-electron chi connectivity index (χ3n) is 2.93. The van der Waals surface area contributed by atoms with Gasteiger partial charge in [0.2, 0.25) is 0 Å². The lowest BCUT2D eigenvalue weighted by Crippen LogP contribution is -1.95. The fraction of sp³-hybridized carbons (Fsp3) is 0.133. The third-order valence-corrected chi connectivity index (χ3v) is 3.24. The Hall–Kier alpha value is -1.84. The first-order valence-electron chi connectivity index (χ1n) is 5.73. The lowest BCUT2D eigenvalue weighted by atomic mass is 9.95. The lowest BCUT2D eigenvalue weighted by molar-refractivity contribution is 0.112. The van der Waals surface area contributed by atoms with E-state index in [2.05, 4.69) is 0 Å². The SMILES string of the molecule is COc1ccc(C=O)c(-c2c(Cl)cccc2CO)c1. The largest absolute Gasteiger partial charge is 0.497 e. The lowest BCUT2D eigenvalue weighted by Gasteiger charge is -2.13. The molecule has 0 saturated carbocycles. The number of aliphatic hydroxyl groups is 1. The minimum atomic E-state index is -0.147. The van der Waals surface area contributed by atoms with Gasteiger partial charge in [0.05, 0.1) is 13.7 Å². The third kappa shape index (κ3) is 2.62. The van der Waals surface area contributed by atoms with Crippen LogP contribution in [0.5, 0.6) is 5.75 Å². The normalized spacial score (nSPS) is 10.3. The van der Waals surface area contributed by atoms with Crippen LogP contribution in [0, 0.1) is 0 Å². The van der Waals surface area contributed by atoms with Crippen molar-refractivity contribution in [3.63, 3.8) is 0 Å². The molecule has 0 atom stereocenters. The van der Waals surface area contributed by atoms with Crippen molar-refractivity contribution in [2.24, 2.45) is 0 Å². The molecule has 2 rings (SSSR count). The van der Waals surface area contributed by atoms with Gasteiger partial charge in [-0.25, -0.2) is 0 Å². The monoisotopic (exact) mass is 276 g/mol. The number of aliphatic hydroxyl groups excluding tert-OH is 1. The van der Waals surface area contributed by atoms with Crippen molar-refractivity contribution in [2.75, 3.05) is 7.11 Å². The minimum Gasteiger partial charge on any atom is -0.497 e. The molecule has 0 aromatic heterocycles. The van der Waals surface area contributed by atoms with Crippen LogP contribution in [-0.2, 0) is 6.61 Å². The smallest absolute Gasteiger partial charge is 0.150 e. The number of halogens is 1. The maximum atomic E-state index is 11.2. The van der Waals surface area contributed by atoms with E-state index in [0.717, 1.165) is 6.29 Å². The molecule has 19 heavy (non-hydrogen) atoms. The van der Waals surface area contributed by atoms with Crippen molar-refractivity contribution < 1.29 is 14.6 Å². The minimum absolute atomic E-state index is 0.147. The van der Waals surface area contributed by atoms with Gasteiger partial charge in [0.15, 0.2) is 6.29 Å². The van der Waals surface area contributed by atoms with E-state index in [1.165, 1.54) is 0 Å². The van der Waals surface area contributed by atoms with Crippen LogP contribution in [0.1, 0.15) is 15.9 Å². The maximum absolute atomic E-state index is 11.2. The van der Waals surface area contributed by atoms with E-state index in [0.29, 0.717) is 33.0 Å². The summed E-state index contributed by atoms with van der Waals surface area (Å²) in [6.07, 6.45) is 0.763. The van der Waals surface area contributed by atoms with Crippen LogP contribution in [0.2, 0.25) is 5.02 Å². The topological polar surface area (TPSA) is 46.5 Å². The first-order chi connectivity index (χ1) is 9.21. The van der Waals surface area contributed by atoms with Crippen molar-refractivity contribution in [3.8, 4) is 16.9 Å². The second kappa shape index (κ2) is 5.87. The molecule has 0 unspecified atom stereocenters. The highest BCUT2D eigenvalue weighted by Gasteiger charge is 2.13. The summed E-state index contributed by atoms with van der Waals surface area (Å²) in [4.78, 5) is 11.2. The Kier molecular flexibility index (Phi) is 4.20. The van der Waals surface area contributed by atoms with Crippen molar-refractivity contribution in [1.82, 2.24) is 0 Å². The zero-order valence-corrected chi connectivity index (χ0v) is 11.1. The molecular formula is C15H13ClO3. The Morgan fingerprint density at radius 1 is 1.32 bits per heavy atom. The fourth-order valence-corrected chi connectivity index (χ4v) is 2.28. The first kappa shape index (κ1) is 13.6. The number of aldehydes is 1. The summed E-state index contributed by atoms with van der Waals surface area (Å²) in [6.45, 7) is -0.147. The molecule has 2 aromatic rings. The van der Waals surface area contributed by atoms with E-state index in [4.69, 9.17) is 16.3 Å². The van der Waals surface area contributed by atoms with Crippen LogP contribution in [0.15, 0.2) is 36.4 Å². The number of ether oxygens (including phenoxy) is 1. The standard InChI is InChI=1S/C15H13ClO3/c1-19-12-6-5-10(8-17)13(7-12)15-11(9-18)3-2-4-14(15)16/h2-8,18H,9H2,1H3. The Balaban J connectivity index is 2.73. The van der Waals surface area contributed by atoms with Gasteiger partial charge in [-0.15, -0.1) is 0 Å². The van der Waals surface area contributed by atoms with Crippen LogP contribution in [-0.4, -0.2) is 18.5 Å². The Labute approximate surface area is 116 Å². The van der Waals surface area contributed by atoms with Crippen LogP contribution in [0.25, 0.3) is 11.1 Å². The molecule has 0 fully saturated rings. The van der Waals surface area contributed by atoms with Gasteiger partial charge in [0.1, 0.15) is 5.75 Å². The van der Waals surface area contributed by atoms with Crippen molar-refractivity contribution >= 4 is 17.9 Å². The van der Waals surface area contributed by atoms with Crippen LogP contribution in [0.4, 0.5) is 0 Å². The molecular weight excluding hydrogens is 264 g/mol. The summed E-state index contributed by atoms with van der Waals surface area (Å²) in [5, 5.41) is 9.90. The zero-order valence-electron chi connectivity index (χ0n) is 10.4. The number of methoxy groups -OCH3 is 1. The Morgan fingerprint density at radius 3 is 2.74 bits per heavy atom. The summed E-state index contributed by atoms with van der Waals surface area (Å²) in [5.74, 6) is 0.629. The molecule has 0 heterocycles. The molecule has 0 saturated heterocycles. The molecule has 1 N–H and O–H groups in total. The van der Waals surface area contributed by atoms with Crippen LogP contribution in [0.3, 0.4) is 0 Å². The molecule has 0 spiro atoms. The number of carbonyl (C=O) groups is 1. The molecule has 98 valence electrons. The van der Waals surface area contributed by atoms with Crippen LogP contribution >= 0.6 is 11.6 Å². The highest BCUT2D eigenvalue weighted by Crippen LogP contribution is 2.35. The average Bonchev–Trinajstić information content (AvgIpc) is 2.46. The predicted molar refractivity (Wildman–Crippen MR) is 74.8 cm³/mol. The van der Waals surface area contributed by atoms with E-state index >= 15 is 0 Å². The van der Waals surface area contributed by atoms with Gasteiger partial charge in [-0.05, 0) is 35.4 Å². The highest BCUT2D eigenvalue weighted by atomic mass is 35.5. The maximum Gasteiger partial charge on any atom is 0.150 e. The number of carbonyl (C=O) groups excluding carboxylic acids is 1. The molecule has 2 aromatic carbocycles. The van der Waals surface area contributed by atoms with E-state index in [9.17, 15) is 9.90 Å². The predicted octanol–water partition coefficient (Wildman–Crippen LogP) is 3.32. The molecule has 0 aliphatic rings. The highest BCUT2D eigenvalue weighted by molar-refractivity contribution is 6.33. The van der Waals surface area contributed by atoms with Gasteiger partial charge < -0.3 is 9.84 Å². The average molecular weight is 277 g/mol. The number of benzene rings is 2. The Bertz CT molecular complexity index is 608. The van der Waals surface area contributed by atoms with Crippen molar-refractivity contribution in [3.05, 3.63) is 52.5 Å². The van der Waals surface area contributed by atoms with E-state index in [1.807, 2.05) is 0 Å². The molecule has 0 aliphatic carbocycles. The quantitative estimate of drug-likeness (QED) is 0.872. The van der Waals surface area contributed by atoms with Gasteiger partial charge in [-0.2, -0.15) is 0 Å². The summed E-state index contributed by atoms with van der Waals surface area (Å²) in [5.41, 5.74) is 2.49. The van der Waals surface area contributed by atoms with Crippen molar-refractivity contribution in [1.29, 1.82) is 0 Å². The first-order valence-corrected chi connectivity index (χ1v) is 6.11. The van der Waals surface area contributed by atoms with Gasteiger partial charge >= 0.3 is 0 Å². The van der Waals surface area contributed by atoms with E-state index in [1.54, 1.807) is 43.5 Å². The molecule has 0 radical (unpaired) electrons. The zero-order chi connectivity index (χ0) is 13.8. The number of hydrogen-bond acceptors (Lipinski definition) is 3. The van der Waals surface area contributed by atoms with E-state index < -0.39 is 0 Å². The van der Waals surface area contributed by atoms with Crippen LogP contribution < -0.4 is 4.74 Å². The van der Waals surface area contributed by atoms with Crippen molar-refractivity contribution in [2.45, 2.75) is 6.61 Å². The molecule has 3 nitrogen and oxygen atoms in total. The second-order valence-corrected chi connectivity index (χ2v) is 4.41. The fourth-order valence-electron chi connectivity index (χ4n) is 1.98. The molecule has 0 amide bonds. The number of rotatable bonds is 4. The molecule has 0 bridgehead atoms. The summed E-state index contributed by atoms with van der Waals surface area (Å²) in [6, 6.07) is 10.4. The summed E-state index contributed by atoms with van der Waals surface area (Å²) < 4.78 is 5.17. The molecule has 4 heteroatoms. The summed E-state index contributed by atoms with van der Waals surface area (Å²) >= 11 is 6.20. The van der Waals surface area contributed by atoms with Gasteiger partial charge in [0.25, 0.3) is 0 Å². The molecule has 0 aliphatic heterocycles. The number of hydrogen-bond donors (Lipinski definition) is 1. The van der Waals surface area contributed by atoms with Gasteiger partial charge in [0, 0.05) is 16.1 Å². The summed E-state index contributed by atoms with van der Waals surface area (Å²) in [7, 11) is 1.55. The van der Waals surface area contributed by atoms with E-state index in [-0.39, 0.29) is 6.61 Å².